The Morgan fingerprint density at radius 1 is 0.625 bits per heavy atom. The van der Waals surface area contributed by atoms with Crippen molar-refractivity contribution in [3.63, 3.8) is 0 Å². The Hall–Kier alpha value is -2.83. The minimum atomic E-state index is -4.55. The van der Waals surface area contributed by atoms with E-state index in [1.165, 1.54) is 11.1 Å². The monoisotopic (exact) mass is 558 g/mol. The van der Waals surface area contributed by atoms with Crippen LogP contribution in [0.1, 0.15) is 128 Å². The van der Waals surface area contributed by atoms with E-state index in [2.05, 4.69) is 66.5 Å². The Labute approximate surface area is 240 Å². The normalized spacial score (nSPS) is 13.2. The summed E-state index contributed by atoms with van der Waals surface area (Å²) in [5.74, 6) is 0.879. The third kappa shape index (κ3) is 9.67. The van der Waals surface area contributed by atoms with Gasteiger partial charge in [0.25, 0.3) is 0 Å². The molecule has 2 rings (SSSR count). The van der Waals surface area contributed by atoms with Crippen molar-refractivity contribution in [2.24, 2.45) is 9.98 Å². The van der Waals surface area contributed by atoms with E-state index < -0.39 is 12.0 Å². The fraction of sp³-hybridized carbons (Fsp3) is 0.576. The third-order valence-corrected chi connectivity index (χ3v) is 7.00. The second kappa shape index (κ2) is 15.2. The molecule has 0 fully saturated rings. The summed E-state index contributed by atoms with van der Waals surface area (Å²) in [5, 5.41) is 6.20. The number of hydrogen-bond acceptors (Lipinski definition) is 2. The van der Waals surface area contributed by atoms with Crippen molar-refractivity contribution in [3.05, 3.63) is 58.7 Å². The summed E-state index contributed by atoms with van der Waals surface area (Å²) in [7, 11) is 0. The second-order valence-corrected chi connectivity index (χ2v) is 11.7. The van der Waals surface area contributed by atoms with E-state index in [1.807, 2.05) is 52.8 Å². The lowest BCUT2D eigenvalue weighted by Crippen LogP contribution is -2.32. The van der Waals surface area contributed by atoms with Gasteiger partial charge in [0.2, 0.25) is 5.84 Å². The lowest BCUT2D eigenvalue weighted by atomic mass is 9.92. The predicted octanol–water partition coefficient (Wildman–Crippen LogP) is 10.3. The zero-order valence-corrected chi connectivity index (χ0v) is 25.8. The molecule has 0 saturated heterocycles. The Kier molecular flexibility index (Phi) is 12.7. The van der Waals surface area contributed by atoms with Crippen molar-refractivity contribution in [1.82, 2.24) is 0 Å². The molecule has 7 heteroatoms. The number of halogens is 3. The molecule has 0 saturated carbocycles. The molecule has 0 radical (unpaired) electrons. The Bertz CT molecular complexity index is 1090. The van der Waals surface area contributed by atoms with Crippen molar-refractivity contribution in [2.45, 2.75) is 111 Å². The number of amidine groups is 2. The molecule has 2 N–H and O–H groups in total. The molecule has 0 aliphatic rings. The van der Waals surface area contributed by atoms with E-state index in [0.717, 1.165) is 35.5 Å². The molecule has 222 valence electrons. The number of hydrogen-bond donors (Lipinski definition) is 2. The highest BCUT2D eigenvalue weighted by Gasteiger charge is 2.37. The Morgan fingerprint density at radius 2 is 1.00 bits per heavy atom. The van der Waals surface area contributed by atoms with Gasteiger partial charge in [0.05, 0.1) is 5.84 Å². The molecule has 0 aromatic heterocycles. The molecule has 4 nitrogen and oxygen atoms in total. The van der Waals surface area contributed by atoms with Crippen LogP contribution in [0.2, 0.25) is 0 Å². The number of nitrogens with one attached hydrogen (secondary N) is 2. The van der Waals surface area contributed by atoms with Crippen LogP contribution in [0.25, 0.3) is 0 Å². The van der Waals surface area contributed by atoms with Gasteiger partial charge in [0.1, 0.15) is 0 Å². The number of aliphatic imine (C=N–C) groups is 2. The number of unbranched alkanes of at least 4 members (excludes halogenated alkanes) is 2. The van der Waals surface area contributed by atoms with Crippen molar-refractivity contribution in [3.8, 4) is 0 Å². The van der Waals surface area contributed by atoms with Crippen molar-refractivity contribution in [2.75, 3.05) is 23.7 Å². The fourth-order valence-electron chi connectivity index (χ4n) is 4.77. The molecule has 40 heavy (non-hydrogen) atoms. The van der Waals surface area contributed by atoms with Crippen LogP contribution in [0.15, 0.2) is 46.4 Å². The standard InChI is InChI=1S/C33H49F3N4/c1-21(2)26-15-13-16-27(22(3)4)30(26)39-25(9)37-19-11-10-12-20-38-32(33(34,35)36)40-31-28(23(5)6)17-14-18-29(31)24(7)8/h13-18,21-24H,10-12,19-20H2,1-9H3,(H,37,39)(H,38,40). The summed E-state index contributed by atoms with van der Waals surface area (Å²) in [4.78, 5) is 8.64. The molecule has 0 spiro atoms. The number of alkyl halides is 3. The van der Waals surface area contributed by atoms with Crippen LogP contribution in [0.4, 0.5) is 24.5 Å². The van der Waals surface area contributed by atoms with Gasteiger partial charge in [-0.05, 0) is 72.1 Å². The average Bonchev–Trinajstić information content (AvgIpc) is 2.86. The largest absolute Gasteiger partial charge is 0.449 e. The van der Waals surface area contributed by atoms with Crippen LogP contribution < -0.4 is 10.6 Å². The lowest BCUT2D eigenvalue weighted by Gasteiger charge is -2.22. The topological polar surface area (TPSA) is 48.8 Å². The average molecular weight is 559 g/mol. The first-order chi connectivity index (χ1) is 18.7. The summed E-state index contributed by atoms with van der Waals surface area (Å²) in [6.07, 6.45) is -2.43. The summed E-state index contributed by atoms with van der Waals surface area (Å²) >= 11 is 0. The Morgan fingerprint density at radius 3 is 1.38 bits per heavy atom. The zero-order chi connectivity index (χ0) is 30.0. The number of nitrogens with zero attached hydrogens (tertiary/aromatic N) is 2. The summed E-state index contributed by atoms with van der Waals surface area (Å²) < 4.78 is 41.7. The van der Waals surface area contributed by atoms with E-state index in [9.17, 15) is 13.2 Å². The van der Waals surface area contributed by atoms with Crippen molar-refractivity contribution >= 4 is 23.0 Å². The Balaban J connectivity index is 2.00. The van der Waals surface area contributed by atoms with Crippen molar-refractivity contribution in [1.29, 1.82) is 0 Å². The minimum Gasteiger partial charge on any atom is -0.344 e. The molecular formula is C33H49F3N4. The van der Waals surface area contributed by atoms with Gasteiger partial charge >= 0.3 is 6.18 Å². The number of benzene rings is 2. The van der Waals surface area contributed by atoms with Gasteiger partial charge in [0.15, 0.2) is 0 Å². The van der Waals surface area contributed by atoms with Gasteiger partial charge in [0, 0.05) is 24.5 Å². The summed E-state index contributed by atoms with van der Waals surface area (Å²) in [5.41, 5.74) is 5.92. The molecule has 2 aromatic rings. The van der Waals surface area contributed by atoms with Gasteiger partial charge in [-0.3, -0.25) is 9.98 Å². The molecule has 0 amide bonds. The summed E-state index contributed by atoms with van der Waals surface area (Å²) in [6, 6.07) is 12.1. The quantitative estimate of drug-likeness (QED) is 0.155. The van der Waals surface area contributed by atoms with Crippen LogP contribution >= 0.6 is 0 Å². The van der Waals surface area contributed by atoms with Crippen LogP contribution in [0.3, 0.4) is 0 Å². The molecular weight excluding hydrogens is 509 g/mol. The third-order valence-electron chi connectivity index (χ3n) is 7.00. The smallest absolute Gasteiger partial charge is 0.344 e. The molecule has 0 atom stereocenters. The molecule has 0 heterocycles. The molecule has 0 bridgehead atoms. The molecule has 0 unspecified atom stereocenters. The predicted molar refractivity (Wildman–Crippen MR) is 167 cm³/mol. The van der Waals surface area contributed by atoms with Gasteiger partial charge in [-0.15, -0.1) is 0 Å². The van der Waals surface area contributed by atoms with E-state index >= 15 is 0 Å². The van der Waals surface area contributed by atoms with Gasteiger partial charge in [-0.25, -0.2) is 0 Å². The maximum Gasteiger partial charge on any atom is 0.449 e. The van der Waals surface area contributed by atoms with Gasteiger partial charge in [-0.1, -0.05) is 91.8 Å². The summed E-state index contributed by atoms with van der Waals surface area (Å²) in [6.45, 7) is 19.4. The van der Waals surface area contributed by atoms with Crippen LogP contribution in [0.5, 0.6) is 0 Å². The van der Waals surface area contributed by atoms with E-state index in [0.29, 0.717) is 30.5 Å². The van der Waals surface area contributed by atoms with Crippen molar-refractivity contribution < 1.29 is 13.2 Å². The maximum atomic E-state index is 13.9. The van der Waals surface area contributed by atoms with E-state index in [4.69, 9.17) is 0 Å². The van der Waals surface area contributed by atoms with Gasteiger partial charge in [-0.2, -0.15) is 13.2 Å². The number of anilines is 2. The lowest BCUT2D eigenvalue weighted by molar-refractivity contribution is -0.0589. The minimum absolute atomic E-state index is 0.0880. The van der Waals surface area contributed by atoms with Crippen LogP contribution in [-0.4, -0.2) is 30.9 Å². The van der Waals surface area contributed by atoms with Gasteiger partial charge < -0.3 is 10.6 Å². The number of rotatable bonds is 12. The SMILES string of the molecule is CC(=NCCCCCN=C(Nc1c(C(C)C)cccc1C(C)C)C(F)(F)F)Nc1c(C(C)C)cccc1C(C)C. The van der Waals surface area contributed by atoms with E-state index in [-0.39, 0.29) is 18.4 Å². The molecule has 0 aliphatic carbocycles. The molecule has 0 aliphatic heterocycles. The van der Waals surface area contributed by atoms with Crippen LogP contribution in [0, 0.1) is 0 Å². The zero-order valence-electron chi connectivity index (χ0n) is 25.8. The van der Waals surface area contributed by atoms with Crippen LogP contribution in [-0.2, 0) is 0 Å². The first kappa shape index (κ1) is 33.4. The highest BCUT2D eigenvalue weighted by atomic mass is 19.4. The fourth-order valence-corrected chi connectivity index (χ4v) is 4.77. The maximum absolute atomic E-state index is 13.9. The van der Waals surface area contributed by atoms with E-state index in [1.54, 1.807) is 0 Å². The highest BCUT2D eigenvalue weighted by molar-refractivity contribution is 6.01. The first-order valence-electron chi connectivity index (χ1n) is 14.7. The molecule has 2 aromatic carbocycles. The number of para-hydroxylation sites is 2. The second-order valence-electron chi connectivity index (χ2n) is 11.7. The highest BCUT2D eigenvalue weighted by Crippen LogP contribution is 2.34. The first-order valence-corrected chi connectivity index (χ1v) is 14.7.